The van der Waals surface area contributed by atoms with Gasteiger partial charge < -0.3 is 19.3 Å². The van der Waals surface area contributed by atoms with Gasteiger partial charge in [0, 0.05) is 19.3 Å². The van der Waals surface area contributed by atoms with Crippen LogP contribution in [0.4, 0.5) is 0 Å². The van der Waals surface area contributed by atoms with E-state index in [1.54, 1.807) is 6.33 Å². The normalized spacial score (nSPS) is 23.2. The molecule has 1 aromatic rings. The van der Waals surface area contributed by atoms with Crippen molar-refractivity contribution in [1.29, 1.82) is 0 Å². The van der Waals surface area contributed by atoms with E-state index in [1.807, 2.05) is 10.8 Å². The number of morpholine rings is 1. The maximum atomic E-state index is 8.88. The minimum atomic E-state index is -0.00156. The Morgan fingerprint density at radius 2 is 2.53 bits per heavy atom. The number of imidazole rings is 1. The molecule has 1 aliphatic rings. The summed E-state index contributed by atoms with van der Waals surface area (Å²) >= 11 is 0. The Kier molecular flexibility index (Phi) is 3.35. The van der Waals surface area contributed by atoms with Crippen LogP contribution in [0.5, 0.6) is 0 Å². The van der Waals surface area contributed by atoms with Crippen molar-refractivity contribution in [2.45, 2.75) is 19.3 Å². The van der Waals surface area contributed by atoms with Crippen LogP contribution in [-0.4, -0.2) is 52.4 Å². The Morgan fingerprint density at radius 3 is 3.20 bits per heavy atom. The predicted molar refractivity (Wildman–Crippen MR) is 55.4 cm³/mol. The number of aliphatic hydroxyl groups excluding tert-OH is 1. The smallest absolute Gasteiger partial charge is 0.0951 e. The first kappa shape index (κ1) is 10.6. The van der Waals surface area contributed by atoms with Gasteiger partial charge in [0.25, 0.3) is 0 Å². The van der Waals surface area contributed by atoms with Gasteiger partial charge in [-0.25, -0.2) is 4.98 Å². The van der Waals surface area contributed by atoms with Gasteiger partial charge >= 0.3 is 0 Å². The van der Waals surface area contributed by atoms with Crippen LogP contribution in [0.3, 0.4) is 0 Å². The fourth-order valence-electron chi connectivity index (χ4n) is 1.80. The van der Waals surface area contributed by atoms with Gasteiger partial charge in [-0.1, -0.05) is 0 Å². The van der Waals surface area contributed by atoms with Gasteiger partial charge in [-0.05, 0) is 7.05 Å². The van der Waals surface area contributed by atoms with Crippen LogP contribution in [0.15, 0.2) is 12.5 Å². The molecule has 1 aromatic heterocycles. The lowest BCUT2D eigenvalue weighted by Crippen LogP contribution is -2.41. The molecule has 15 heavy (non-hydrogen) atoms. The number of hydrogen-bond donors (Lipinski definition) is 1. The van der Waals surface area contributed by atoms with Crippen molar-refractivity contribution >= 4 is 0 Å². The molecule has 5 heteroatoms. The first-order valence-electron chi connectivity index (χ1n) is 5.19. The molecule has 1 fully saturated rings. The molecular weight excluding hydrogens is 194 g/mol. The third-order valence-electron chi connectivity index (χ3n) is 2.61. The average Bonchev–Trinajstić information content (AvgIpc) is 2.65. The number of ether oxygens (including phenoxy) is 1. The fraction of sp³-hybridized carbons (Fsp3) is 0.700. The molecule has 1 atom stereocenters. The van der Waals surface area contributed by atoms with Crippen molar-refractivity contribution < 1.29 is 9.84 Å². The van der Waals surface area contributed by atoms with Gasteiger partial charge in [0.05, 0.1) is 37.9 Å². The van der Waals surface area contributed by atoms with Crippen LogP contribution in [0, 0.1) is 0 Å². The lowest BCUT2D eigenvalue weighted by molar-refractivity contribution is -0.0274. The Hall–Kier alpha value is -0.910. The molecule has 0 saturated carbocycles. The second-order valence-corrected chi connectivity index (χ2v) is 3.97. The van der Waals surface area contributed by atoms with Gasteiger partial charge in [-0.15, -0.1) is 0 Å². The van der Waals surface area contributed by atoms with Crippen LogP contribution in [-0.2, 0) is 17.9 Å². The van der Waals surface area contributed by atoms with E-state index in [1.165, 1.54) is 0 Å². The summed E-state index contributed by atoms with van der Waals surface area (Å²) in [6.07, 6.45) is 3.83. The van der Waals surface area contributed by atoms with Crippen LogP contribution in [0.1, 0.15) is 5.69 Å². The molecule has 0 aromatic carbocycles. The lowest BCUT2D eigenvalue weighted by atomic mass is 10.3. The lowest BCUT2D eigenvalue weighted by Gasteiger charge is -2.30. The molecule has 1 aliphatic heterocycles. The number of likely N-dealkylation sites (N-methyl/N-ethyl adjacent to an activating group) is 1. The van der Waals surface area contributed by atoms with Gasteiger partial charge in [0.2, 0.25) is 0 Å². The Labute approximate surface area is 89.3 Å². The highest BCUT2D eigenvalue weighted by Crippen LogP contribution is 2.06. The number of aromatic nitrogens is 2. The van der Waals surface area contributed by atoms with Gasteiger partial charge in [0.1, 0.15) is 0 Å². The Morgan fingerprint density at radius 1 is 1.67 bits per heavy atom. The molecule has 0 bridgehead atoms. The number of rotatable bonds is 3. The van der Waals surface area contributed by atoms with Gasteiger partial charge in [-0.2, -0.15) is 0 Å². The number of nitrogens with zero attached hydrogens (tertiary/aromatic N) is 3. The molecule has 0 amide bonds. The van der Waals surface area contributed by atoms with Crippen molar-refractivity contribution in [3.8, 4) is 0 Å². The summed E-state index contributed by atoms with van der Waals surface area (Å²) in [5.74, 6) is 0. The van der Waals surface area contributed by atoms with Crippen molar-refractivity contribution in [3.05, 3.63) is 18.2 Å². The number of aliphatic hydroxyl groups is 1. The standard InChI is InChI=1S/C10H17N3O2/c1-12-2-3-15-10(5-12)6-13-4-9(7-14)11-8-13/h4,8,10,14H,2-3,5-7H2,1H3. The zero-order valence-electron chi connectivity index (χ0n) is 8.96. The third-order valence-corrected chi connectivity index (χ3v) is 2.61. The summed E-state index contributed by atoms with van der Waals surface area (Å²) in [4.78, 5) is 6.32. The van der Waals surface area contributed by atoms with Crippen LogP contribution in [0.25, 0.3) is 0 Å². The van der Waals surface area contributed by atoms with Crippen LogP contribution >= 0.6 is 0 Å². The Bertz CT molecular complexity index is 313. The van der Waals surface area contributed by atoms with E-state index < -0.39 is 0 Å². The van der Waals surface area contributed by atoms with Gasteiger partial charge in [-0.3, -0.25) is 0 Å². The summed E-state index contributed by atoms with van der Waals surface area (Å²) < 4.78 is 7.61. The molecular formula is C10H17N3O2. The predicted octanol–water partition coefficient (Wildman–Crippen LogP) is -0.294. The highest BCUT2D eigenvalue weighted by Gasteiger charge is 2.17. The van der Waals surface area contributed by atoms with Crippen molar-refractivity contribution in [1.82, 2.24) is 14.5 Å². The average molecular weight is 211 g/mol. The van der Waals surface area contributed by atoms with Crippen LogP contribution < -0.4 is 0 Å². The first-order chi connectivity index (χ1) is 7.28. The van der Waals surface area contributed by atoms with E-state index in [0.29, 0.717) is 5.69 Å². The summed E-state index contributed by atoms with van der Waals surface area (Å²) in [6, 6.07) is 0. The maximum absolute atomic E-state index is 8.88. The van der Waals surface area contributed by atoms with E-state index in [9.17, 15) is 0 Å². The van der Waals surface area contributed by atoms with E-state index >= 15 is 0 Å². The molecule has 1 N–H and O–H groups in total. The largest absolute Gasteiger partial charge is 0.390 e. The molecule has 0 spiro atoms. The molecule has 0 radical (unpaired) electrons. The van der Waals surface area contributed by atoms with Crippen molar-refractivity contribution in [3.63, 3.8) is 0 Å². The third kappa shape index (κ3) is 2.77. The second kappa shape index (κ2) is 4.74. The minimum Gasteiger partial charge on any atom is -0.390 e. The second-order valence-electron chi connectivity index (χ2n) is 3.97. The fourth-order valence-corrected chi connectivity index (χ4v) is 1.80. The highest BCUT2D eigenvalue weighted by atomic mass is 16.5. The van der Waals surface area contributed by atoms with E-state index in [4.69, 9.17) is 9.84 Å². The topological polar surface area (TPSA) is 50.5 Å². The molecule has 84 valence electrons. The minimum absolute atomic E-state index is 0.00156. The summed E-state index contributed by atoms with van der Waals surface area (Å²) in [7, 11) is 2.10. The monoisotopic (exact) mass is 211 g/mol. The molecule has 5 nitrogen and oxygen atoms in total. The summed E-state index contributed by atoms with van der Waals surface area (Å²) in [5, 5.41) is 8.88. The highest BCUT2D eigenvalue weighted by molar-refractivity contribution is 4.94. The quantitative estimate of drug-likeness (QED) is 0.746. The molecule has 2 rings (SSSR count). The summed E-state index contributed by atoms with van der Waals surface area (Å²) in [6.45, 7) is 3.55. The van der Waals surface area contributed by atoms with Crippen LogP contribution in [0.2, 0.25) is 0 Å². The van der Waals surface area contributed by atoms with E-state index in [-0.39, 0.29) is 12.7 Å². The SMILES string of the molecule is CN1CCOC(Cn2cnc(CO)c2)C1. The molecule has 0 aliphatic carbocycles. The Balaban J connectivity index is 1.90. The van der Waals surface area contributed by atoms with E-state index in [2.05, 4.69) is 16.9 Å². The molecule has 1 unspecified atom stereocenters. The molecule has 1 saturated heterocycles. The van der Waals surface area contributed by atoms with Crippen molar-refractivity contribution in [2.24, 2.45) is 0 Å². The zero-order valence-corrected chi connectivity index (χ0v) is 8.96. The van der Waals surface area contributed by atoms with Gasteiger partial charge in [0.15, 0.2) is 0 Å². The maximum Gasteiger partial charge on any atom is 0.0951 e. The van der Waals surface area contributed by atoms with Crippen molar-refractivity contribution in [2.75, 3.05) is 26.7 Å². The summed E-state index contributed by atoms with van der Waals surface area (Å²) in [5.41, 5.74) is 0.708. The number of hydrogen-bond acceptors (Lipinski definition) is 4. The molecule has 2 heterocycles. The zero-order chi connectivity index (χ0) is 10.7. The first-order valence-corrected chi connectivity index (χ1v) is 5.19. The van der Waals surface area contributed by atoms with E-state index in [0.717, 1.165) is 26.2 Å².